The maximum Gasteiger partial charge on any atom is 0.251 e. The highest BCUT2D eigenvalue weighted by molar-refractivity contribution is 7.99. The first-order valence-corrected chi connectivity index (χ1v) is 9.86. The quantitative estimate of drug-likeness (QED) is 0.581. The fourth-order valence-electron chi connectivity index (χ4n) is 2.66. The number of halogens is 1. The van der Waals surface area contributed by atoms with Gasteiger partial charge in [-0.1, -0.05) is 36.0 Å². The van der Waals surface area contributed by atoms with Gasteiger partial charge in [-0.25, -0.2) is 4.39 Å². The van der Waals surface area contributed by atoms with Gasteiger partial charge in [-0.05, 0) is 37.3 Å². The van der Waals surface area contributed by atoms with E-state index in [0.717, 1.165) is 0 Å². The molecule has 1 aromatic heterocycles. The molecule has 0 aliphatic heterocycles. The van der Waals surface area contributed by atoms with Crippen LogP contribution in [0.15, 0.2) is 59.8 Å². The minimum atomic E-state index is -0.417. The molecule has 2 N–H and O–H groups in total. The molecule has 0 aliphatic rings. The third kappa shape index (κ3) is 5.41. The van der Waals surface area contributed by atoms with E-state index in [0.29, 0.717) is 22.2 Å². The van der Waals surface area contributed by atoms with Crippen LogP contribution < -0.4 is 10.6 Å². The second-order valence-corrected chi connectivity index (χ2v) is 7.25. The number of rotatable bonds is 7. The van der Waals surface area contributed by atoms with E-state index in [1.807, 2.05) is 13.0 Å². The highest BCUT2D eigenvalue weighted by atomic mass is 32.2. The smallest absolute Gasteiger partial charge is 0.251 e. The van der Waals surface area contributed by atoms with Crippen LogP contribution in [-0.2, 0) is 11.8 Å². The van der Waals surface area contributed by atoms with Gasteiger partial charge in [0.1, 0.15) is 5.82 Å². The fourth-order valence-corrected chi connectivity index (χ4v) is 3.37. The van der Waals surface area contributed by atoms with Crippen molar-refractivity contribution in [3.8, 4) is 0 Å². The summed E-state index contributed by atoms with van der Waals surface area (Å²) in [4.78, 5) is 24.4. The van der Waals surface area contributed by atoms with Gasteiger partial charge >= 0.3 is 0 Å². The molecular weight excluding hydrogens is 393 g/mol. The highest BCUT2D eigenvalue weighted by Gasteiger charge is 2.19. The van der Waals surface area contributed by atoms with Gasteiger partial charge in [-0.3, -0.25) is 9.59 Å². The Morgan fingerprint density at radius 2 is 1.90 bits per heavy atom. The molecular formula is C20H20FN5O2S. The minimum Gasteiger partial charge on any atom is -0.342 e. The molecule has 0 saturated heterocycles. The summed E-state index contributed by atoms with van der Waals surface area (Å²) >= 11 is 1.20. The predicted octanol–water partition coefficient (Wildman–Crippen LogP) is 3.18. The lowest BCUT2D eigenvalue weighted by Crippen LogP contribution is -2.28. The van der Waals surface area contributed by atoms with Crippen LogP contribution in [0.2, 0.25) is 0 Å². The fraction of sp³-hybridized carbons (Fsp3) is 0.200. The number of hydrogen-bond donors (Lipinski definition) is 2. The van der Waals surface area contributed by atoms with E-state index in [1.54, 1.807) is 41.9 Å². The van der Waals surface area contributed by atoms with Gasteiger partial charge in [0.15, 0.2) is 11.0 Å². The summed E-state index contributed by atoms with van der Waals surface area (Å²) in [7, 11) is 1.77. The number of thioether (sulfide) groups is 1. The maximum absolute atomic E-state index is 13.2. The van der Waals surface area contributed by atoms with E-state index in [1.165, 1.54) is 30.0 Å². The Balaban J connectivity index is 1.57. The topological polar surface area (TPSA) is 88.9 Å². The van der Waals surface area contributed by atoms with Gasteiger partial charge in [0.05, 0.1) is 11.8 Å². The van der Waals surface area contributed by atoms with E-state index in [2.05, 4.69) is 20.8 Å². The van der Waals surface area contributed by atoms with E-state index in [9.17, 15) is 14.0 Å². The molecule has 2 amide bonds. The Morgan fingerprint density at radius 3 is 2.62 bits per heavy atom. The zero-order chi connectivity index (χ0) is 20.8. The first kappa shape index (κ1) is 20.5. The summed E-state index contributed by atoms with van der Waals surface area (Å²) in [5, 5.41) is 14.3. The Bertz CT molecular complexity index is 1010. The van der Waals surface area contributed by atoms with Crippen molar-refractivity contribution in [2.45, 2.75) is 18.1 Å². The zero-order valence-corrected chi connectivity index (χ0v) is 16.7. The molecule has 0 saturated carbocycles. The van der Waals surface area contributed by atoms with Crippen molar-refractivity contribution >= 4 is 29.3 Å². The Labute approximate surface area is 171 Å². The lowest BCUT2D eigenvalue weighted by Gasteiger charge is -2.13. The number of nitrogens with one attached hydrogen (secondary N) is 2. The molecule has 3 aromatic rings. The Kier molecular flexibility index (Phi) is 6.61. The normalized spacial score (nSPS) is 11.7. The Hall–Kier alpha value is -3.20. The second kappa shape index (κ2) is 9.33. The van der Waals surface area contributed by atoms with Gasteiger partial charge in [-0.2, -0.15) is 0 Å². The first-order valence-electron chi connectivity index (χ1n) is 8.87. The Morgan fingerprint density at radius 1 is 1.14 bits per heavy atom. The monoisotopic (exact) mass is 413 g/mol. The van der Waals surface area contributed by atoms with E-state index < -0.39 is 5.82 Å². The molecule has 150 valence electrons. The number of aromatic nitrogens is 3. The first-order chi connectivity index (χ1) is 13.9. The van der Waals surface area contributed by atoms with Gasteiger partial charge in [0.2, 0.25) is 5.91 Å². The number of amides is 2. The lowest BCUT2D eigenvalue weighted by atomic mass is 10.2. The molecule has 0 radical (unpaired) electrons. The van der Waals surface area contributed by atoms with Gasteiger partial charge in [0, 0.05) is 18.3 Å². The number of benzene rings is 2. The van der Waals surface area contributed by atoms with Crippen molar-refractivity contribution in [3.05, 3.63) is 71.8 Å². The van der Waals surface area contributed by atoms with Crippen LogP contribution in [-0.4, -0.2) is 32.3 Å². The molecule has 0 unspecified atom stereocenters. The van der Waals surface area contributed by atoms with Crippen LogP contribution >= 0.6 is 11.8 Å². The predicted molar refractivity (Wildman–Crippen MR) is 109 cm³/mol. The van der Waals surface area contributed by atoms with Crippen molar-refractivity contribution in [3.63, 3.8) is 0 Å². The van der Waals surface area contributed by atoms with Crippen molar-refractivity contribution in [1.82, 2.24) is 20.1 Å². The van der Waals surface area contributed by atoms with Crippen LogP contribution in [0.1, 0.15) is 29.1 Å². The summed E-state index contributed by atoms with van der Waals surface area (Å²) < 4.78 is 14.9. The van der Waals surface area contributed by atoms with Crippen LogP contribution in [0.4, 0.5) is 10.1 Å². The maximum atomic E-state index is 13.2. The second-order valence-electron chi connectivity index (χ2n) is 6.31. The molecule has 3 rings (SSSR count). The molecule has 1 heterocycles. The molecule has 0 bridgehead atoms. The SMILES string of the molecule is C[C@@H](NC(=O)c1ccccc1)c1nnc(SCC(=O)Nc2cccc(F)c2)n1C. The van der Waals surface area contributed by atoms with Crippen molar-refractivity contribution in [2.24, 2.45) is 7.05 Å². The van der Waals surface area contributed by atoms with E-state index in [-0.39, 0.29) is 23.6 Å². The molecule has 9 heteroatoms. The standard InChI is InChI=1S/C20H20FN5O2S/c1-13(22-19(28)14-7-4-3-5-8-14)18-24-25-20(26(18)2)29-12-17(27)23-16-10-6-9-15(21)11-16/h3-11,13H,12H2,1-2H3,(H,22,28)(H,23,27)/t13-/m1/s1. The summed E-state index contributed by atoms with van der Waals surface area (Å²) in [6.07, 6.45) is 0. The van der Waals surface area contributed by atoms with Crippen molar-refractivity contribution in [2.75, 3.05) is 11.1 Å². The third-order valence-corrected chi connectivity index (χ3v) is 5.10. The molecule has 1 atom stereocenters. The molecule has 0 spiro atoms. The number of carbonyl (C=O) groups is 2. The molecule has 7 nitrogen and oxygen atoms in total. The molecule has 29 heavy (non-hydrogen) atoms. The average molecular weight is 413 g/mol. The van der Waals surface area contributed by atoms with E-state index >= 15 is 0 Å². The van der Waals surface area contributed by atoms with Crippen LogP contribution in [0.3, 0.4) is 0 Å². The van der Waals surface area contributed by atoms with Crippen molar-refractivity contribution in [1.29, 1.82) is 0 Å². The molecule has 2 aromatic carbocycles. The van der Waals surface area contributed by atoms with Crippen LogP contribution in [0.5, 0.6) is 0 Å². The van der Waals surface area contributed by atoms with Crippen LogP contribution in [0, 0.1) is 5.82 Å². The molecule has 0 aliphatic carbocycles. The van der Waals surface area contributed by atoms with Gasteiger partial charge in [-0.15, -0.1) is 10.2 Å². The summed E-state index contributed by atoms with van der Waals surface area (Å²) in [5.74, 6) is -0.240. The van der Waals surface area contributed by atoms with Crippen LogP contribution in [0.25, 0.3) is 0 Å². The zero-order valence-electron chi connectivity index (χ0n) is 15.9. The minimum absolute atomic E-state index is 0.0905. The number of hydrogen-bond acceptors (Lipinski definition) is 5. The summed E-state index contributed by atoms with van der Waals surface area (Å²) in [6, 6.07) is 14.2. The highest BCUT2D eigenvalue weighted by Crippen LogP contribution is 2.20. The summed E-state index contributed by atoms with van der Waals surface area (Å²) in [6.45, 7) is 1.82. The number of carbonyl (C=O) groups excluding carboxylic acids is 2. The summed E-state index contributed by atoms with van der Waals surface area (Å²) in [5.41, 5.74) is 0.955. The van der Waals surface area contributed by atoms with Gasteiger partial charge in [0.25, 0.3) is 5.91 Å². The molecule has 0 fully saturated rings. The average Bonchev–Trinajstić information content (AvgIpc) is 3.07. The number of nitrogens with zero attached hydrogens (tertiary/aromatic N) is 3. The lowest BCUT2D eigenvalue weighted by molar-refractivity contribution is -0.113. The van der Waals surface area contributed by atoms with E-state index in [4.69, 9.17) is 0 Å². The van der Waals surface area contributed by atoms with Gasteiger partial charge < -0.3 is 15.2 Å². The number of anilines is 1. The largest absolute Gasteiger partial charge is 0.342 e. The van der Waals surface area contributed by atoms with Crippen molar-refractivity contribution < 1.29 is 14.0 Å². The third-order valence-electron chi connectivity index (χ3n) is 4.08.